The number of rotatable bonds is 5. The van der Waals surface area contributed by atoms with E-state index >= 15 is 0 Å². The number of hydrogen-bond acceptors (Lipinski definition) is 5. The Kier molecular flexibility index (Phi) is 5.86. The van der Waals surface area contributed by atoms with Crippen LogP contribution in [0.1, 0.15) is 12.5 Å². The van der Waals surface area contributed by atoms with Crippen LogP contribution >= 0.6 is 11.8 Å². The van der Waals surface area contributed by atoms with Crippen molar-refractivity contribution >= 4 is 34.3 Å². The van der Waals surface area contributed by atoms with Gasteiger partial charge in [0, 0.05) is 18.9 Å². The minimum absolute atomic E-state index is 0.0815. The normalized spacial score (nSPS) is 12.0. The second-order valence-corrected chi connectivity index (χ2v) is 8.55. The second-order valence-electron chi connectivity index (χ2n) is 7.24. The molecule has 2 heterocycles. The van der Waals surface area contributed by atoms with Crippen LogP contribution in [0.2, 0.25) is 0 Å². The molecule has 31 heavy (non-hydrogen) atoms. The first kappa shape index (κ1) is 20.8. The lowest BCUT2D eigenvalue weighted by Crippen LogP contribution is -2.34. The number of aryl methyl sites for hydroxylation is 1. The number of carbonyl (C=O) groups excluding carboxylic acids is 1. The molecule has 4 rings (SSSR count). The molecule has 156 valence electrons. The fraction of sp³-hybridized carbons (Fsp3) is 0.167. The standard InChI is InChI=1S/C24H22N4O2S/c1-16-13-14-21(25-15-16)28-23(30)19-11-7-8-12-20(19)26-24(28)31-17(2)22(29)27(3)18-9-5-4-6-10-18/h4-15,17H,1-3H3. The van der Waals surface area contributed by atoms with Crippen LogP contribution in [0.3, 0.4) is 0 Å². The Hall–Kier alpha value is -3.45. The van der Waals surface area contributed by atoms with E-state index in [1.165, 1.54) is 16.3 Å². The Morgan fingerprint density at radius 3 is 2.45 bits per heavy atom. The molecule has 0 bridgehead atoms. The van der Waals surface area contributed by atoms with Gasteiger partial charge in [-0.25, -0.2) is 14.5 Å². The minimum Gasteiger partial charge on any atom is -0.315 e. The van der Waals surface area contributed by atoms with Gasteiger partial charge in [0.1, 0.15) is 5.82 Å². The fourth-order valence-corrected chi connectivity index (χ4v) is 4.25. The van der Waals surface area contributed by atoms with E-state index < -0.39 is 5.25 Å². The molecule has 0 spiro atoms. The molecule has 1 atom stereocenters. The molecular weight excluding hydrogens is 408 g/mol. The summed E-state index contributed by atoms with van der Waals surface area (Å²) in [6.45, 7) is 3.76. The number of thioether (sulfide) groups is 1. The number of carbonyl (C=O) groups is 1. The van der Waals surface area contributed by atoms with Gasteiger partial charge >= 0.3 is 0 Å². The molecule has 0 radical (unpaired) electrons. The number of amides is 1. The van der Waals surface area contributed by atoms with Crippen LogP contribution in [0.25, 0.3) is 16.7 Å². The predicted molar refractivity (Wildman–Crippen MR) is 125 cm³/mol. The van der Waals surface area contributed by atoms with Gasteiger partial charge in [-0.3, -0.25) is 9.59 Å². The van der Waals surface area contributed by atoms with Crippen molar-refractivity contribution < 1.29 is 4.79 Å². The molecule has 0 N–H and O–H groups in total. The molecule has 2 aromatic heterocycles. The number of benzene rings is 2. The third-order valence-electron chi connectivity index (χ3n) is 4.97. The van der Waals surface area contributed by atoms with Crippen molar-refractivity contribution in [2.75, 3.05) is 11.9 Å². The van der Waals surface area contributed by atoms with Crippen molar-refractivity contribution in [2.24, 2.45) is 0 Å². The van der Waals surface area contributed by atoms with Crippen molar-refractivity contribution in [3.05, 3.63) is 88.8 Å². The monoisotopic (exact) mass is 430 g/mol. The number of fused-ring (bicyclic) bond motifs is 1. The van der Waals surface area contributed by atoms with Gasteiger partial charge in [-0.15, -0.1) is 0 Å². The van der Waals surface area contributed by atoms with Gasteiger partial charge in [0.25, 0.3) is 5.56 Å². The van der Waals surface area contributed by atoms with Crippen molar-refractivity contribution in [3.8, 4) is 5.82 Å². The molecule has 0 aliphatic rings. The van der Waals surface area contributed by atoms with Gasteiger partial charge in [-0.2, -0.15) is 0 Å². The van der Waals surface area contributed by atoms with E-state index in [0.29, 0.717) is 21.9 Å². The molecule has 7 heteroatoms. The molecule has 2 aromatic carbocycles. The summed E-state index contributed by atoms with van der Waals surface area (Å²) < 4.78 is 1.48. The third-order valence-corrected chi connectivity index (χ3v) is 6.01. The van der Waals surface area contributed by atoms with E-state index in [-0.39, 0.29) is 11.5 Å². The van der Waals surface area contributed by atoms with E-state index in [9.17, 15) is 9.59 Å². The van der Waals surface area contributed by atoms with Crippen molar-refractivity contribution in [1.82, 2.24) is 14.5 Å². The third kappa shape index (κ3) is 4.22. The first-order valence-corrected chi connectivity index (χ1v) is 10.8. The van der Waals surface area contributed by atoms with E-state index in [2.05, 4.69) is 4.98 Å². The molecule has 1 amide bonds. The Morgan fingerprint density at radius 2 is 1.74 bits per heavy atom. The van der Waals surface area contributed by atoms with Crippen LogP contribution < -0.4 is 10.5 Å². The van der Waals surface area contributed by atoms with Gasteiger partial charge in [-0.05, 0) is 49.7 Å². The molecule has 4 aromatic rings. The number of pyridine rings is 1. The molecule has 0 fully saturated rings. The lowest BCUT2D eigenvalue weighted by Gasteiger charge is -2.22. The van der Waals surface area contributed by atoms with E-state index in [1.54, 1.807) is 36.3 Å². The Bertz CT molecular complexity index is 1290. The highest BCUT2D eigenvalue weighted by Crippen LogP contribution is 2.26. The number of anilines is 1. The molecule has 0 aliphatic heterocycles. The molecule has 1 unspecified atom stereocenters. The van der Waals surface area contributed by atoms with Gasteiger partial charge in [0.2, 0.25) is 5.91 Å². The molecule has 6 nitrogen and oxygen atoms in total. The molecule has 0 saturated heterocycles. The van der Waals surface area contributed by atoms with Gasteiger partial charge < -0.3 is 4.90 Å². The highest BCUT2D eigenvalue weighted by atomic mass is 32.2. The van der Waals surface area contributed by atoms with Crippen LogP contribution in [-0.2, 0) is 4.79 Å². The highest BCUT2D eigenvalue weighted by molar-refractivity contribution is 8.00. The zero-order valence-electron chi connectivity index (χ0n) is 17.5. The summed E-state index contributed by atoms with van der Waals surface area (Å²) in [7, 11) is 1.75. The fourth-order valence-electron chi connectivity index (χ4n) is 3.25. The number of nitrogens with zero attached hydrogens (tertiary/aromatic N) is 4. The van der Waals surface area contributed by atoms with Crippen LogP contribution in [0.15, 0.2) is 82.9 Å². The lowest BCUT2D eigenvalue weighted by atomic mass is 10.2. The number of hydrogen-bond donors (Lipinski definition) is 0. The van der Waals surface area contributed by atoms with Crippen molar-refractivity contribution in [2.45, 2.75) is 24.3 Å². The maximum Gasteiger partial charge on any atom is 0.267 e. The summed E-state index contributed by atoms with van der Waals surface area (Å²) in [6, 6.07) is 20.4. The Labute approximate surface area is 184 Å². The second kappa shape index (κ2) is 8.73. The van der Waals surface area contributed by atoms with Gasteiger partial charge in [-0.1, -0.05) is 48.2 Å². The van der Waals surface area contributed by atoms with Gasteiger partial charge in [0.15, 0.2) is 5.16 Å². The Morgan fingerprint density at radius 1 is 1.03 bits per heavy atom. The van der Waals surface area contributed by atoms with Gasteiger partial charge in [0.05, 0.1) is 16.2 Å². The molecular formula is C24H22N4O2S. The minimum atomic E-state index is -0.463. The summed E-state index contributed by atoms with van der Waals surface area (Å²) in [5.74, 6) is 0.398. The van der Waals surface area contributed by atoms with Crippen LogP contribution in [-0.4, -0.2) is 32.7 Å². The van der Waals surface area contributed by atoms with Crippen LogP contribution in [0.5, 0.6) is 0 Å². The topological polar surface area (TPSA) is 68.1 Å². The average molecular weight is 431 g/mol. The number of aromatic nitrogens is 3. The summed E-state index contributed by atoms with van der Waals surface area (Å²) in [6.07, 6.45) is 1.71. The largest absolute Gasteiger partial charge is 0.315 e. The van der Waals surface area contributed by atoms with E-state index in [0.717, 1.165) is 11.3 Å². The zero-order chi connectivity index (χ0) is 22.0. The summed E-state index contributed by atoms with van der Waals surface area (Å²) in [5, 5.41) is 0.479. The SMILES string of the molecule is Cc1ccc(-n2c(SC(C)C(=O)N(C)c3ccccc3)nc3ccccc3c2=O)nc1. The highest BCUT2D eigenvalue weighted by Gasteiger charge is 2.23. The quantitative estimate of drug-likeness (QED) is 0.350. The molecule has 0 saturated carbocycles. The predicted octanol–water partition coefficient (Wildman–Crippen LogP) is 4.23. The lowest BCUT2D eigenvalue weighted by molar-refractivity contribution is -0.117. The smallest absolute Gasteiger partial charge is 0.267 e. The maximum absolute atomic E-state index is 13.3. The van der Waals surface area contributed by atoms with Crippen LogP contribution in [0, 0.1) is 6.92 Å². The molecule has 0 aliphatic carbocycles. The summed E-state index contributed by atoms with van der Waals surface area (Å²) >= 11 is 1.25. The zero-order valence-corrected chi connectivity index (χ0v) is 18.3. The summed E-state index contributed by atoms with van der Waals surface area (Å²) in [4.78, 5) is 37.1. The summed E-state index contributed by atoms with van der Waals surface area (Å²) in [5.41, 5.74) is 2.19. The van der Waals surface area contributed by atoms with Crippen LogP contribution in [0.4, 0.5) is 5.69 Å². The van der Waals surface area contributed by atoms with Crippen molar-refractivity contribution in [1.29, 1.82) is 0 Å². The van der Waals surface area contributed by atoms with Crippen molar-refractivity contribution in [3.63, 3.8) is 0 Å². The van der Waals surface area contributed by atoms with E-state index in [4.69, 9.17) is 4.98 Å². The van der Waals surface area contributed by atoms with E-state index in [1.807, 2.05) is 62.4 Å². The first-order chi connectivity index (χ1) is 15.0. The first-order valence-electron chi connectivity index (χ1n) is 9.90. The maximum atomic E-state index is 13.3. The Balaban J connectivity index is 1.75. The number of para-hydroxylation sites is 2. The average Bonchev–Trinajstić information content (AvgIpc) is 2.80.